The molecule has 6 heteroatoms. The predicted molar refractivity (Wildman–Crippen MR) is 69.9 cm³/mol. The summed E-state index contributed by atoms with van der Waals surface area (Å²) >= 11 is 0. The smallest absolute Gasteiger partial charge is 0.243 e. The van der Waals surface area contributed by atoms with Crippen LogP contribution in [-0.4, -0.2) is 39.0 Å². The van der Waals surface area contributed by atoms with Crippen molar-refractivity contribution in [2.45, 2.75) is 23.8 Å². The fraction of sp³-hybridized carbons (Fsp3) is 0.462. The Kier molecular flexibility index (Phi) is 4.20. The second-order valence-corrected chi connectivity index (χ2v) is 6.43. The van der Waals surface area contributed by atoms with E-state index >= 15 is 0 Å². The summed E-state index contributed by atoms with van der Waals surface area (Å²) in [5.74, 6) is 0. The van der Waals surface area contributed by atoms with E-state index in [0.29, 0.717) is 13.1 Å². The van der Waals surface area contributed by atoms with Gasteiger partial charge in [0.05, 0.1) is 23.5 Å². The molecule has 1 saturated heterocycles. The Morgan fingerprint density at radius 1 is 1.42 bits per heavy atom. The summed E-state index contributed by atoms with van der Waals surface area (Å²) in [6.07, 6.45) is 0.991. The van der Waals surface area contributed by atoms with Crippen LogP contribution in [0.2, 0.25) is 0 Å². The van der Waals surface area contributed by atoms with Gasteiger partial charge in [-0.25, -0.2) is 8.42 Å². The number of ether oxygens (including phenoxy) is 1. The molecular formula is C13H16N2O3S. The van der Waals surface area contributed by atoms with Gasteiger partial charge in [-0.1, -0.05) is 12.1 Å². The summed E-state index contributed by atoms with van der Waals surface area (Å²) in [5, 5.41) is 8.59. The Labute approximate surface area is 113 Å². The molecular weight excluding hydrogens is 264 g/mol. The van der Waals surface area contributed by atoms with E-state index in [9.17, 15) is 8.42 Å². The van der Waals surface area contributed by atoms with E-state index < -0.39 is 10.0 Å². The van der Waals surface area contributed by atoms with E-state index in [0.717, 1.165) is 12.0 Å². The van der Waals surface area contributed by atoms with Crippen molar-refractivity contribution in [3.63, 3.8) is 0 Å². The van der Waals surface area contributed by atoms with E-state index in [1.54, 1.807) is 31.4 Å². The number of hydrogen-bond donors (Lipinski definition) is 0. The van der Waals surface area contributed by atoms with Gasteiger partial charge in [0, 0.05) is 20.2 Å². The molecule has 1 aromatic rings. The zero-order valence-electron chi connectivity index (χ0n) is 10.7. The second-order valence-electron chi connectivity index (χ2n) is 4.49. The number of sulfonamides is 1. The highest BCUT2D eigenvalue weighted by Crippen LogP contribution is 2.22. The molecule has 1 fully saturated rings. The highest BCUT2D eigenvalue weighted by Gasteiger charge is 2.32. The topological polar surface area (TPSA) is 70.4 Å². The summed E-state index contributed by atoms with van der Waals surface area (Å²) in [5.41, 5.74) is 0.817. The average Bonchev–Trinajstić information content (AvgIpc) is 2.89. The SMILES string of the molecule is COC1CCN(S(=O)(=O)c2ccc(CC#N)cc2)C1. The molecule has 1 atom stereocenters. The molecule has 1 aliphatic rings. The quantitative estimate of drug-likeness (QED) is 0.830. The Morgan fingerprint density at radius 3 is 2.63 bits per heavy atom. The van der Waals surface area contributed by atoms with Crippen molar-refractivity contribution < 1.29 is 13.2 Å². The maximum Gasteiger partial charge on any atom is 0.243 e. The standard InChI is InChI=1S/C13H16N2O3S/c1-18-12-7-9-15(10-12)19(16,17)13-4-2-11(3-5-13)6-8-14/h2-5,12H,6-7,9-10H2,1H3. The number of nitriles is 1. The van der Waals surface area contributed by atoms with Crippen molar-refractivity contribution in [3.05, 3.63) is 29.8 Å². The molecule has 19 heavy (non-hydrogen) atoms. The van der Waals surface area contributed by atoms with Crippen LogP contribution in [-0.2, 0) is 21.2 Å². The van der Waals surface area contributed by atoms with Crippen LogP contribution < -0.4 is 0 Å². The number of nitrogens with zero attached hydrogens (tertiary/aromatic N) is 2. The maximum absolute atomic E-state index is 12.4. The second kappa shape index (κ2) is 5.70. The number of methoxy groups -OCH3 is 1. The van der Waals surface area contributed by atoms with Gasteiger partial charge in [-0.15, -0.1) is 0 Å². The Hall–Kier alpha value is -1.42. The first-order valence-corrected chi connectivity index (χ1v) is 7.51. The molecule has 1 aliphatic heterocycles. The number of benzene rings is 1. The zero-order valence-corrected chi connectivity index (χ0v) is 11.6. The van der Waals surface area contributed by atoms with Gasteiger partial charge in [-0.05, 0) is 24.1 Å². The summed E-state index contributed by atoms with van der Waals surface area (Å²) in [4.78, 5) is 0.269. The van der Waals surface area contributed by atoms with E-state index in [1.165, 1.54) is 4.31 Å². The monoisotopic (exact) mass is 280 g/mol. The van der Waals surface area contributed by atoms with E-state index in [1.807, 2.05) is 6.07 Å². The van der Waals surface area contributed by atoms with Crippen LogP contribution in [0.4, 0.5) is 0 Å². The van der Waals surface area contributed by atoms with Crippen LogP contribution in [0.15, 0.2) is 29.2 Å². The van der Waals surface area contributed by atoms with Crippen LogP contribution in [0.5, 0.6) is 0 Å². The maximum atomic E-state index is 12.4. The first-order valence-electron chi connectivity index (χ1n) is 6.07. The molecule has 1 aromatic carbocycles. The van der Waals surface area contributed by atoms with Crippen LogP contribution in [0.25, 0.3) is 0 Å². The van der Waals surface area contributed by atoms with Crippen molar-refractivity contribution in [2.75, 3.05) is 20.2 Å². The van der Waals surface area contributed by atoms with Gasteiger partial charge in [-0.2, -0.15) is 9.57 Å². The number of hydrogen-bond acceptors (Lipinski definition) is 4. The van der Waals surface area contributed by atoms with Crippen molar-refractivity contribution in [3.8, 4) is 6.07 Å². The fourth-order valence-electron chi connectivity index (χ4n) is 2.13. The summed E-state index contributed by atoms with van der Waals surface area (Å²) < 4.78 is 31.4. The third kappa shape index (κ3) is 2.95. The van der Waals surface area contributed by atoms with Gasteiger partial charge in [0.15, 0.2) is 0 Å². The molecule has 0 amide bonds. The van der Waals surface area contributed by atoms with Crippen molar-refractivity contribution in [2.24, 2.45) is 0 Å². The van der Waals surface area contributed by atoms with Gasteiger partial charge in [0.2, 0.25) is 10.0 Å². The largest absolute Gasteiger partial charge is 0.380 e. The molecule has 0 radical (unpaired) electrons. The molecule has 0 N–H and O–H groups in total. The zero-order chi connectivity index (χ0) is 13.9. The Bertz CT molecular complexity index is 575. The van der Waals surface area contributed by atoms with Crippen LogP contribution >= 0.6 is 0 Å². The lowest BCUT2D eigenvalue weighted by Crippen LogP contribution is -2.30. The molecule has 5 nitrogen and oxygen atoms in total. The van der Waals surface area contributed by atoms with Gasteiger partial charge in [-0.3, -0.25) is 0 Å². The first-order chi connectivity index (χ1) is 9.07. The highest BCUT2D eigenvalue weighted by atomic mass is 32.2. The minimum atomic E-state index is -3.44. The molecule has 0 aliphatic carbocycles. The Balaban J connectivity index is 2.18. The van der Waals surface area contributed by atoms with Gasteiger partial charge in [0.25, 0.3) is 0 Å². The van der Waals surface area contributed by atoms with Gasteiger partial charge >= 0.3 is 0 Å². The van der Waals surface area contributed by atoms with E-state index in [-0.39, 0.29) is 17.4 Å². The third-order valence-electron chi connectivity index (χ3n) is 3.29. The van der Waals surface area contributed by atoms with Crippen LogP contribution in [0, 0.1) is 11.3 Å². The molecule has 0 aromatic heterocycles. The lowest BCUT2D eigenvalue weighted by molar-refractivity contribution is 0.115. The molecule has 102 valence electrons. The third-order valence-corrected chi connectivity index (χ3v) is 5.16. The molecule has 0 bridgehead atoms. The highest BCUT2D eigenvalue weighted by molar-refractivity contribution is 7.89. The minimum Gasteiger partial charge on any atom is -0.380 e. The van der Waals surface area contributed by atoms with Gasteiger partial charge < -0.3 is 4.74 Å². The normalized spacial score (nSPS) is 20.3. The van der Waals surface area contributed by atoms with Crippen molar-refractivity contribution in [1.29, 1.82) is 5.26 Å². The molecule has 1 heterocycles. The lowest BCUT2D eigenvalue weighted by Gasteiger charge is -2.16. The summed E-state index contributed by atoms with van der Waals surface area (Å²) in [7, 11) is -1.85. The van der Waals surface area contributed by atoms with Crippen molar-refractivity contribution >= 4 is 10.0 Å². The van der Waals surface area contributed by atoms with Crippen molar-refractivity contribution in [1.82, 2.24) is 4.31 Å². The molecule has 0 spiro atoms. The predicted octanol–water partition coefficient (Wildman–Crippen LogP) is 1.16. The van der Waals surface area contributed by atoms with E-state index in [4.69, 9.17) is 10.00 Å². The molecule has 0 saturated carbocycles. The van der Waals surface area contributed by atoms with Crippen LogP contribution in [0.1, 0.15) is 12.0 Å². The lowest BCUT2D eigenvalue weighted by atomic mass is 10.2. The number of rotatable bonds is 4. The van der Waals surface area contributed by atoms with Crippen LogP contribution in [0.3, 0.4) is 0 Å². The Morgan fingerprint density at radius 2 is 2.11 bits per heavy atom. The molecule has 1 unspecified atom stereocenters. The summed E-state index contributed by atoms with van der Waals surface area (Å²) in [6, 6.07) is 8.51. The summed E-state index contributed by atoms with van der Waals surface area (Å²) in [6.45, 7) is 0.888. The average molecular weight is 280 g/mol. The van der Waals surface area contributed by atoms with E-state index in [2.05, 4.69) is 0 Å². The minimum absolute atomic E-state index is 0.0207. The van der Waals surface area contributed by atoms with Gasteiger partial charge in [0.1, 0.15) is 0 Å². The molecule has 2 rings (SSSR count). The fourth-order valence-corrected chi connectivity index (χ4v) is 3.61. The first kappa shape index (κ1) is 14.0.